The highest BCUT2D eigenvalue weighted by Gasteiger charge is 2.20. The Balaban J connectivity index is 2.31. The van der Waals surface area contributed by atoms with Gasteiger partial charge < -0.3 is 29.0 Å². The van der Waals surface area contributed by atoms with Gasteiger partial charge in [-0.25, -0.2) is 0 Å². The van der Waals surface area contributed by atoms with E-state index in [0.717, 1.165) is 5.56 Å². The van der Waals surface area contributed by atoms with E-state index in [4.69, 9.17) is 35.3 Å². The topological polar surface area (TPSA) is 75.3 Å². The normalized spacial score (nSPS) is 11.4. The van der Waals surface area contributed by atoms with Gasteiger partial charge >= 0.3 is 0 Å². The van der Waals surface area contributed by atoms with Gasteiger partial charge in [-0.2, -0.15) is 0 Å². The van der Waals surface area contributed by atoms with Gasteiger partial charge in [-0.05, 0) is 36.8 Å². The SMILES string of the molecule is COc1cc(C(=O)NC(C)c2cc(OC)c(OC)c(OC)c2)cc(Cl)c1OC. The number of amides is 1. The molecule has 0 aliphatic heterocycles. The molecule has 1 N–H and O–H groups in total. The first-order valence-corrected chi connectivity index (χ1v) is 8.80. The van der Waals surface area contributed by atoms with Crippen LogP contribution in [0.3, 0.4) is 0 Å². The number of carbonyl (C=O) groups is 1. The third-order valence-electron chi connectivity index (χ3n) is 4.23. The maximum Gasteiger partial charge on any atom is 0.251 e. The summed E-state index contributed by atoms with van der Waals surface area (Å²) in [6, 6.07) is 6.33. The second kappa shape index (κ2) is 9.41. The van der Waals surface area contributed by atoms with Gasteiger partial charge in [-0.15, -0.1) is 0 Å². The van der Waals surface area contributed by atoms with Crippen molar-refractivity contribution in [2.75, 3.05) is 35.5 Å². The minimum Gasteiger partial charge on any atom is -0.493 e. The molecule has 7 nitrogen and oxygen atoms in total. The zero-order valence-corrected chi connectivity index (χ0v) is 17.5. The van der Waals surface area contributed by atoms with Crippen LogP contribution in [0, 0.1) is 0 Å². The second-order valence-electron chi connectivity index (χ2n) is 5.85. The van der Waals surface area contributed by atoms with E-state index in [1.807, 2.05) is 6.92 Å². The van der Waals surface area contributed by atoms with Crippen LogP contribution in [0.15, 0.2) is 24.3 Å². The first-order chi connectivity index (χ1) is 13.4. The number of hydrogen-bond donors (Lipinski definition) is 1. The smallest absolute Gasteiger partial charge is 0.251 e. The summed E-state index contributed by atoms with van der Waals surface area (Å²) in [5, 5.41) is 3.21. The first-order valence-electron chi connectivity index (χ1n) is 8.42. The maximum absolute atomic E-state index is 12.7. The molecular weight excluding hydrogens is 386 g/mol. The standard InChI is InChI=1S/C20H24ClNO6/c1-11(12-8-16(25-3)19(28-6)17(9-12)26-4)22-20(23)13-7-14(21)18(27-5)15(10-13)24-2/h7-11H,1-6H3,(H,22,23). The Labute approximate surface area is 169 Å². The molecule has 2 rings (SSSR count). The van der Waals surface area contributed by atoms with Crippen molar-refractivity contribution in [2.24, 2.45) is 0 Å². The van der Waals surface area contributed by atoms with E-state index in [9.17, 15) is 4.79 Å². The van der Waals surface area contributed by atoms with Gasteiger partial charge in [0.05, 0.1) is 46.6 Å². The van der Waals surface area contributed by atoms with E-state index in [1.165, 1.54) is 41.6 Å². The van der Waals surface area contributed by atoms with Crippen LogP contribution in [0.5, 0.6) is 28.7 Å². The van der Waals surface area contributed by atoms with E-state index < -0.39 is 0 Å². The molecule has 0 aliphatic carbocycles. The molecule has 2 aromatic carbocycles. The van der Waals surface area contributed by atoms with E-state index in [1.54, 1.807) is 18.2 Å². The average Bonchev–Trinajstić information content (AvgIpc) is 2.71. The minimum absolute atomic E-state index is 0.285. The van der Waals surface area contributed by atoms with Crippen molar-refractivity contribution in [3.05, 3.63) is 40.4 Å². The third-order valence-corrected chi connectivity index (χ3v) is 4.51. The third kappa shape index (κ3) is 4.36. The quantitative estimate of drug-likeness (QED) is 0.713. The lowest BCUT2D eigenvalue weighted by Crippen LogP contribution is -2.26. The summed E-state index contributed by atoms with van der Waals surface area (Å²) in [4.78, 5) is 12.7. The van der Waals surface area contributed by atoms with Crippen molar-refractivity contribution in [3.63, 3.8) is 0 Å². The number of rotatable bonds is 8. The molecule has 28 heavy (non-hydrogen) atoms. The molecule has 0 saturated heterocycles. The molecule has 0 aromatic heterocycles. The fourth-order valence-electron chi connectivity index (χ4n) is 2.76. The van der Waals surface area contributed by atoms with Crippen LogP contribution in [-0.4, -0.2) is 41.5 Å². The molecular formula is C20H24ClNO6. The first kappa shape index (κ1) is 21.5. The Bertz CT molecular complexity index is 830. The van der Waals surface area contributed by atoms with E-state index in [0.29, 0.717) is 34.3 Å². The van der Waals surface area contributed by atoms with Crippen LogP contribution >= 0.6 is 11.6 Å². The summed E-state index contributed by atoms with van der Waals surface area (Å²) in [6.07, 6.45) is 0. The number of nitrogens with one attached hydrogen (secondary N) is 1. The van der Waals surface area contributed by atoms with E-state index in [-0.39, 0.29) is 17.0 Å². The predicted octanol–water partition coefficient (Wildman–Crippen LogP) is 3.87. The van der Waals surface area contributed by atoms with Gasteiger partial charge in [0, 0.05) is 5.56 Å². The highest BCUT2D eigenvalue weighted by atomic mass is 35.5. The summed E-state index contributed by atoms with van der Waals surface area (Å²) in [5.41, 5.74) is 1.14. The molecule has 0 heterocycles. The maximum atomic E-state index is 12.7. The number of carbonyl (C=O) groups excluding carboxylic acids is 1. The average molecular weight is 410 g/mol. The Kier molecular flexibility index (Phi) is 7.23. The molecule has 0 spiro atoms. The largest absolute Gasteiger partial charge is 0.493 e. The summed E-state index contributed by atoms with van der Waals surface area (Å²) in [6.45, 7) is 1.85. The number of ether oxygens (including phenoxy) is 5. The number of halogens is 1. The lowest BCUT2D eigenvalue weighted by molar-refractivity contribution is 0.0939. The fraction of sp³-hybridized carbons (Fsp3) is 0.350. The Hall–Kier alpha value is -2.80. The Morgan fingerprint density at radius 3 is 1.79 bits per heavy atom. The van der Waals surface area contributed by atoms with Crippen LogP contribution in [0.2, 0.25) is 5.02 Å². The van der Waals surface area contributed by atoms with E-state index in [2.05, 4.69) is 5.32 Å². The summed E-state index contributed by atoms with van der Waals surface area (Å²) < 4.78 is 26.5. The number of methoxy groups -OCH3 is 5. The highest BCUT2D eigenvalue weighted by Crippen LogP contribution is 2.40. The van der Waals surface area contributed by atoms with Gasteiger partial charge in [0.2, 0.25) is 5.75 Å². The van der Waals surface area contributed by atoms with Crippen molar-refractivity contribution in [3.8, 4) is 28.7 Å². The minimum atomic E-state index is -0.340. The van der Waals surface area contributed by atoms with Crippen LogP contribution in [0.4, 0.5) is 0 Å². The number of benzene rings is 2. The van der Waals surface area contributed by atoms with Crippen molar-refractivity contribution in [1.29, 1.82) is 0 Å². The molecule has 8 heteroatoms. The Morgan fingerprint density at radius 1 is 0.821 bits per heavy atom. The molecule has 2 aromatic rings. The monoisotopic (exact) mass is 409 g/mol. The van der Waals surface area contributed by atoms with Crippen molar-refractivity contribution < 1.29 is 28.5 Å². The highest BCUT2D eigenvalue weighted by molar-refractivity contribution is 6.32. The van der Waals surface area contributed by atoms with Crippen LogP contribution in [-0.2, 0) is 0 Å². The van der Waals surface area contributed by atoms with Crippen LogP contribution < -0.4 is 29.0 Å². The van der Waals surface area contributed by atoms with Crippen LogP contribution in [0.1, 0.15) is 28.9 Å². The molecule has 152 valence electrons. The van der Waals surface area contributed by atoms with Crippen molar-refractivity contribution in [1.82, 2.24) is 5.32 Å². The molecule has 0 bridgehead atoms. The predicted molar refractivity (Wildman–Crippen MR) is 107 cm³/mol. The van der Waals surface area contributed by atoms with Gasteiger partial charge in [-0.1, -0.05) is 11.6 Å². The van der Waals surface area contributed by atoms with Gasteiger partial charge in [-0.3, -0.25) is 4.79 Å². The molecule has 1 atom stereocenters. The van der Waals surface area contributed by atoms with Gasteiger partial charge in [0.1, 0.15) is 0 Å². The lowest BCUT2D eigenvalue weighted by Gasteiger charge is -2.19. The van der Waals surface area contributed by atoms with Gasteiger partial charge in [0.25, 0.3) is 5.91 Å². The molecule has 1 amide bonds. The zero-order chi connectivity index (χ0) is 20.8. The zero-order valence-electron chi connectivity index (χ0n) is 16.7. The van der Waals surface area contributed by atoms with Crippen molar-refractivity contribution in [2.45, 2.75) is 13.0 Å². The molecule has 0 saturated carbocycles. The summed E-state index contributed by atoms with van der Waals surface area (Å²) in [5.74, 6) is 1.93. The summed E-state index contributed by atoms with van der Waals surface area (Å²) >= 11 is 6.19. The van der Waals surface area contributed by atoms with E-state index >= 15 is 0 Å². The van der Waals surface area contributed by atoms with Gasteiger partial charge in [0.15, 0.2) is 23.0 Å². The second-order valence-corrected chi connectivity index (χ2v) is 6.25. The lowest BCUT2D eigenvalue weighted by atomic mass is 10.1. The molecule has 0 aliphatic rings. The fourth-order valence-corrected chi connectivity index (χ4v) is 3.05. The Morgan fingerprint density at radius 2 is 1.32 bits per heavy atom. The number of hydrogen-bond acceptors (Lipinski definition) is 6. The van der Waals surface area contributed by atoms with Crippen LogP contribution in [0.25, 0.3) is 0 Å². The van der Waals surface area contributed by atoms with Crippen molar-refractivity contribution >= 4 is 17.5 Å². The molecule has 0 radical (unpaired) electrons. The summed E-state index contributed by atoms with van der Waals surface area (Å²) in [7, 11) is 7.57. The molecule has 1 unspecified atom stereocenters. The molecule has 0 fully saturated rings.